The van der Waals surface area contributed by atoms with E-state index in [-0.39, 0.29) is 25.0 Å². The van der Waals surface area contributed by atoms with Crippen LogP contribution in [0.5, 0.6) is 0 Å². The third kappa shape index (κ3) is 12.7. The highest BCUT2D eigenvalue weighted by molar-refractivity contribution is 5.69. The van der Waals surface area contributed by atoms with E-state index in [2.05, 4.69) is 25.7 Å². The van der Waals surface area contributed by atoms with Crippen molar-refractivity contribution in [3.63, 3.8) is 0 Å². The number of carbonyl (C=O) groups is 3. The Morgan fingerprint density at radius 1 is 0.600 bits per heavy atom. The first-order chi connectivity index (χ1) is 13.9. The maximum atomic E-state index is 11.3. The van der Waals surface area contributed by atoms with Gasteiger partial charge in [0.2, 0.25) is 0 Å². The number of aliphatic carboxylic acids is 3. The average molecular weight is 431 g/mol. The molecular weight excluding hydrogens is 392 g/mol. The standard InChI is InChI=1S/C20H38N4O6/c1-20(2,3)16-24-6-4-5-21(13-17(25)26)7-8-22(14-18(27)28)9-10-23(11-12-24)15-19(29)30/h4-16H2,1-3H3,(H,25,26)(H,27,28)(H,29,30). The van der Waals surface area contributed by atoms with Crippen LogP contribution in [0.1, 0.15) is 27.2 Å². The van der Waals surface area contributed by atoms with Gasteiger partial charge in [0, 0.05) is 52.4 Å². The predicted molar refractivity (Wildman–Crippen MR) is 113 cm³/mol. The zero-order valence-electron chi connectivity index (χ0n) is 18.5. The lowest BCUT2D eigenvalue weighted by atomic mass is 9.96. The SMILES string of the molecule is CC(C)(C)CN1CCCN(CC(=O)O)CCN(CC(=O)O)CCN(CC(=O)O)CC1. The topological polar surface area (TPSA) is 125 Å². The number of rotatable bonds is 7. The summed E-state index contributed by atoms with van der Waals surface area (Å²) in [4.78, 5) is 41.5. The molecule has 0 aromatic carbocycles. The minimum absolute atomic E-state index is 0.0781. The zero-order valence-corrected chi connectivity index (χ0v) is 18.5. The monoisotopic (exact) mass is 430 g/mol. The maximum absolute atomic E-state index is 11.3. The number of carboxylic acids is 3. The first-order valence-electron chi connectivity index (χ1n) is 10.5. The molecule has 0 aliphatic carbocycles. The molecule has 3 N–H and O–H groups in total. The predicted octanol–water partition coefficient (Wildman–Crippen LogP) is -0.102. The highest BCUT2D eigenvalue weighted by atomic mass is 16.4. The first kappa shape index (κ1) is 26.3. The molecule has 0 aromatic heterocycles. The molecule has 0 bridgehead atoms. The zero-order chi connectivity index (χ0) is 22.7. The van der Waals surface area contributed by atoms with Crippen molar-refractivity contribution in [2.45, 2.75) is 27.2 Å². The Balaban J connectivity index is 2.95. The summed E-state index contributed by atoms with van der Waals surface area (Å²) >= 11 is 0. The van der Waals surface area contributed by atoms with Gasteiger partial charge < -0.3 is 20.2 Å². The Morgan fingerprint density at radius 3 is 1.23 bits per heavy atom. The van der Waals surface area contributed by atoms with Crippen LogP contribution in [-0.2, 0) is 14.4 Å². The van der Waals surface area contributed by atoms with Gasteiger partial charge in [0.15, 0.2) is 0 Å². The average Bonchev–Trinajstić information content (AvgIpc) is 2.58. The van der Waals surface area contributed by atoms with Crippen molar-refractivity contribution in [2.75, 3.05) is 78.5 Å². The Hall–Kier alpha value is -1.75. The van der Waals surface area contributed by atoms with Gasteiger partial charge in [0.25, 0.3) is 0 Å². The minimum atomic E-state index is -0.953. The van der Waals surface area contributed by atoms with E-state index >= 15 is 0 Å². The van der Waals surface area contributed by atoms with Crippen LogP contribution < -0.4 is 0 Å². The van der Waals surface area contributed by atoms with Crippen molar-refractivity contribution < 1.29 is 29.7 Å². The third-order valence-corrected chi connectivity index (χ3v) is 4.92. The maximum Gasteiger partial charge on any atom is 0.317 e. The summed E-state index contributed by atoms with van der Waals surface area (Å²) < 4.78 is 0. The second-order valence-corrected chi connectivity index (χ2v) is 9.20. The van der Waals surface area contributed by atoms with E-state index in [0.717, 1.165) is 19.5 Å². The molecule has 0 radical (unpaired) electrons. The number of hydrogen-bond acceptors (Lipinski definition) is 7. The van der Waals surface area contributed by atoms with Gasteiger partial charge in [0.05, 0.1) is 19.6 Å². The van der Waals surface area contributed by atoms with Crippen LogP contribution in [0.3, 0.4) is 0 Å². The van der Waals surface area contributed by atoms with E-state index in [1.165, 1.54) is 0 Å². The van der Waals surface area contributed by atoms with Gasteiger partial charge in [-0.2, -0.15) is 0 Å². The largest absolute Gasteiger partial charge is 0.480 e. The molecule has 1 rings (SSSR count). The molecule has 0 amide bonds. The molecule has 1 heterocycles. The molecule has 1 aliphatic heterocycles. The summed E-state index contributed by atoms with van der Waals surface area (Å²) in [6.45, 7) is 11.5. The van der Waals surface area contributed by atoms with Crippen molar-refractivity contribution in [1.82, 2.24) is 19.6 Å². The highest BCUT2D eigenvalue weighted by Crippen LogP contribution is 2.15. The molecule has 0 atom stereocenters. The number of carboxylic acid groups (broad SMARTS) is 3. The van der Waals surface area contributed by atoms with E-state index in [9.17, 15) is 29.7 Å². The van der Waals surface area contributed by atoms with Crippen LogP contribution in [0.2, 0.25) is 0 Å². The molecule has 1 saturated heterocycles. The second kappa shape index (κ2) is 12.8. The fourth-order valence-corrected chi connectivity index (χ4v) is 3.69. The van der Waals surface area contributed by atoms with Gasteiger partial charge in [0.1, 0.15) is 0 Å². The van der Waals surface area contributed by atoms with Crippen molar-refractivity contribution in [1.29, 1.82) is 0 Å². The Bertz CT molecular complexity index is 566. The van der Waals surface area contributed by atoms with E-state index in [0.29, 0.717) is 45.8 Å². The molecule has 0 unspecified atom stereocenters. The lowest BCUT2D eigenvalue weighted by Gasteiger charge is -2.32. The fourth-order valence-electron chi connectivity index (χ4n) is 3.69. The van der Waals surface area contributed by atoms with Gasteiger partial charge in [-0.25, -0.2) is 0 Å². The molecule has 10 heteroatoms. The minimum Gasteiger partial charge on any atom is -0.480 e. The van der Waals surface area contributed by atoms with Crippen molar-refractivity contribution in [3.8, 4) is 0 Å². The number of hydrogen-bond donors (Lipinski definition) is 3. The lowest BCUT2D eigenvalue weighted by molar-refractivity contribution is -0.140. The molecule has 1 fully saturated rings. The van der Waals surface area contributed by atoms with Crippen LogP contribution in [0, 0.1) is 5.41 Å². The van der Waals surface area contributed by atoms with E-state index in [4.69, 9.17) is 0 Å². The van der Waals surface area contributed by atoms with Gasteiger partial charge in [-0.15, -0.1) is 0 Å². The van der Waals surface area contributed by atoms with Crippen molar-refractivity contribution in [3.05, 3.63) is 0 Å². The number of nitrogens with zero attached hydrogens (tertiary/aromatic N) is 4. The van der Waals surface area contributed by atoms with Crippen molar-refractivity contribution in [2.24, 2.45) is 5.41 Å². The smallest absolute Gasteiger partial charge is 0.317 e. The summed E-state index contributed by atoms with van der Waals surface area (Å²) in [7, 11) is 0. The summed E-state index contributed by atoms with van der Waals surface area (Å²) in [5.74, 6) is -2.76. The summed E-state index contributed by atoms with van der Waals surface area (Å²) in [6, 6.07) is 0. The summed E-state index contributed by atoms with van der Waals surface area (Å²) in [5.41, 5.74) is 0.0879. The lowest BCUT2D eigenvalue weighted by Crippen LogP contribution is -2.45. The van der Waals surface area contributed by atoms with E-state index in [1.807, 2.05) is 9.80 Å². The van der Waals surface area contributed by atoms with Gasteiger partial charge in [-0.05, 0) is 18.4 Å². The van der Waals surface area contributed by atoms with Crippen LogP contribution in [0.15, 0.2) is 0 Å². The Kier molecular flexibility index (Phi) is 11.2. The second-order valence-electron chi connectivity index (χ2n) is 9.20. The third-order valence-electron chi connectivity index (χ3n) is 4.92. The molecule has 174 valence electrons. The van der Waals surface area contributed by atoms with Crippen LogP contribution in [-0.4, -0.2) is 131 Å². The fraction of sp³-hybridized carbons (Fsp3) is 0.850. The molecule has 0 saturated carbocycles. The highest BCUT2D eigenvalue weighted by Gasteiger charge is 2.21. The van der Waals surface area contributed by atoms with E-state index < -0.39 is 17.9 Å². The molecule has 1 aliphatic rings. The normalized spacial score (nSPS) is 20.1. The van der Waals surface area contributed by atoms with Crippen LogP contribution in [0.25, 0.3) is 0 Å². The summed E-state index contributed by atoms with van der Waals surface area (Å²) in [6.07, 6.45) is 0.793. The van der Waals surface area contributed by atoms with E-state index in [1.54, 1.807) is 4.90 Å². The Morgan fingerprint density at radius 2 is 0.900 bits per heavy atom. The van der Waals surface area contributed by atoms with Crippen LogP contribution in [0.4, 0.5) is 0 Å². The van der Waals surface area contributed by atoms with Crippen LogP contribution >= 0.6 is 0 Å². The van der Waals surface area contributed by atoms with Crippen molar-refractivity contribution >= 4 is 17.9 Å². The molecular formula is C20H38N4O6. The van der Waals surface area contributed by atoms with Gasteiger partial charge >= 0.3 is 17.9 Å². The molecule has 10 nitrogen and oxygen atoms in total. The molecule has 0 spiro atoms. The molecule has 30 heavy (non-hydrogen) atoms. The molecule has 0 aromatic rings. The Labute approximate surface area is 179 Å². The first-order valence-corrected chi connectivity index (χ1v) is 10.5. The quantitative estimate of drug-likeness (QED) is 0.504. The van der Waals surface area contributed by atoms with Gasteiger partial charge in [-0.3, -0.25) is 29.1 Å². The van der Waals surface area contributed by atoms with Gasteiger partial charge in [-0.1, -0.05) is 20.8 Å². The summed E-state index contributed by atoms with van der Waals surface area (Å²) in [5, 5.41) is 27.7.